The number of anilines is 2. The van der Waals surface area contributed by atoms with E-state index in [0.717, 1.165) is 24.4 Å². The van der Waals surface area contributed by atoms with Gasteiger partial charge in [-0.15, -0.1) is 5.10 Å². The van der Waals surface area contributed by atoms with Gasteiger partial charge < -0.3 is 14.5 Å². The van der Waals surface area contributed by atoms with Crippen LogP contribution in [-0.4, -0.2) is 30.9 Å². The van der Waals surface area contributed by atoms with Crippen molar-refractivity contribution in [2.75, 3.05) is 25.6 Å². The van der Waals surface area contributed by atoms with Crippen LogP contribution >= 0.6 is 0 Å². The maximum absolute atomic E-state index is 5.73. The summed E-state index contributed by atoms with van der Waals surface area (Å²) >= 11 is 0. The number of nitrogens with one attached hydrogen (secondary N) is 1. The summed E-state index contributed by atoms with van der Waals surface area (Å²) in [5, 5.41) is 11.5. The molecule has 0 saturated heterocycles. The van der Waals surface area contributed by atoms with Crippen molar-refractivity contribution in [2.24, 2.45) is 0 Å². The second-order valence-corrected chi connectivity index (χ2v) is 4.86. The Balaban J connectivity index is 2.12. The fraction of sp³-hybridized carbons (Fsp3) is 0.467. The van der Waals surface area contributed by atoms with Crippen molar-refractivity contribution in [3.63, 3.8) is 0 Å². The minimum atomic E-state index is 0.0462. The average molecular weight is 290 g/mol. The molecule has 0 aliphatic heterocycles. The van der Waals surface area contributed by atoms with Crippen molar-refractivity contribution in [2.45, 2.75) is 26.3 Å². The predicted molar refractivity (Wildman–Crippen MR) is 82.1 cm³/mol. The van der Waals surface area contributed by atoms with Gasteiger partial charge in [-0.05, 0) is 32.0 Å². The number of aromatic nitrogens is 2. The van der Waals surface area contributed by atoms with Crippen LogP contribution in [0, 0.1) is 0 Å². The highest BCUT2D eigenvalue weighted by atomic mass is 16.5. The molecule has 0 radical (unpaired) electrons. The van der Waals surface area contributed by atoms with Crippen molar-refractivity contribution in [3.05, 3.63) is 30.2 Å². The molecule has 0 saturated carbocycles. The molecule has 0 amide bonds. The van der Waals surface area contributed by atoms with Crippen LogP contribution in [0.3, 0.4) is 0 Å². The summed E-state index contributed by atoms with van der Waals surface area (Å²) in [6, 6.07) is 8.21. The normalized spacial score (nSPS) is 12.2. The lowest BCUT2D eigenvalue weighted by atomic mass is 10.3. The van der Waals surface area contributed by atoms with Gasteiger partial charge in [0.15, 0.2) is 0 Å². The van der Waals surface area contributed by atoms with Gasteiger partial charge in [0.1, 0.15) is 5.75 Å². The van der Waals surface area contributed by atoms with E-state index in [1.807, 2.05) is 43.1 Å². The zero-order valence-electron chi connectivity index (χ0n) is 13.0. The Labute approximate surface area is 125 Å². The second kappa shape index (κ2) is 7.08. The van der Waals surface area contributed by atoms with Crippen molar-refractivity contribution in [1.29, 1.82) is 0 Å². The third-order valence-corrected chi connectivity index (χ3v) is 3.23. The maximum atomic E-state index is 5.73. The average Bonchev–Trinajstić information content (AvgIpc) is 3.02. The van der Waals surface area contributed by atoms with E-state index in [4.69, 9.17) is 9.15 Å². The Hall–Kier alpha value is -2.08. The number of rotatable bonds is 7. The van der Waals surface area contributed by atoms with Crippen LogP contribution in [0.15, 0.2) is 28.7 Å². The van der Waals surface area contributed by atoms with Crippen molar-refractivity contribution < 1.29 is 9.15 Å². The van der Waals surface area contributed by atoms with E-state index in [-0.39, 0.29) is 6.04 Å². The first kappa shape index (κ1) is 15.3. The van der Waals surface area contributed by atoms with Gasteiger partial charge >= 0.3 is 6.01 Å². The van der Waals surface area contributed by atoms with Crippen molar-refractivity contribution in [1.82, 2.24) is 15.5 Å². The number of nitrogens with zero attached hydrogens (tertiary/aromatic N) is 3. The van der Waals surface area contributed by atoms with Crippen LogP contribution in [0.2, 0.25) is 0 Å². The molecular weight excluding hydrogens is 268 g/mol. The summed E-state index contributed by atoms with van der Waals surface area (Å²) < 4.78 is 11.0. The summed E-state index contributed by atoms with van der Waals surface area (Å²) in [5.41, 5.74) is 0.929. The summed E-state index contributed by atoms with van der Waals surface area (Å²) in [7, 11) is 3.53. The highest BCUT2D eigenvalue weighted by molar-refractivity contribution is 5.57. The number of hydrogen-bond donors (Lipinski definition) is 1. The van der Waals surface area contributed by atoms with E-state index in [0.29, 0.717) is 11.9 Å². The van der Waals surface area contributed by atoms with Gasteiger partial charge in [0.2, 0.25) is 5.89 Å². The Bertz CT molecular complexity index is 570. The number of hydrogen-bond acceptors (Lipinski definition) is 6. The fourth-order valence-corrected chi connectivity index (χ4v) is 1.91. The molecule has 0 fully saturated rings. The molecule has 1 atom stereocenters. The lowest BCUT2D eigenvalue weighted by Crippen LogP contribution is -2.19. The fourth-order valence-electron chi connectivity index (χ4n) is 1.91. The molecular formula is C15H22N4O2. The highest BCUT2D eigenvalue weighted by Gasteiger charge is 2.16. The number of benzene rings is 1. The van der Waals surface area contributed by atoms with Gasteiger partial charge in [0.05, 0.1) is 13.2 Å². The Morgan fingerprint density at radius 3 is 2.90 bits per heavy atom. The van der Waals surface area contributed by atoms with E-state index >= 15 is 0 Å². The van der Waals surface area contributed by atoms with E-state index in [1.165, 1.54) is 0 Å². The molecule has 6 nitrogen and oxygen atoms in total. The smallest absolute Gasteiger partial charge is 0.322 e. The quantitative estimate of drug-likeness (QED) is 0.846. The van der Waals surface area contributed by atoms with Crippen LogP contribution in [0.4, 0.5) is 11.7 Å². The number of ether oxygens (including phenoxy) is 1. The van der Waals surface area contributed by atoms with Crippen molar-refractivity contribution >= 4 is 11.7 Å². The minimum absolute atomic E-state index is 0.0462. The number of methoxy groups -OCH3 is 1. The molecule has 2 rings (SSSR count). The molecule has 0 spiro atoms. The Kier molecular flexibility index (Phi) is 5.16. The molecule has 1 heterocycles. The third-order valence-electron chi connectivity index (χ3n) is 3.23. The molecule has 2 aromatic rings. The summed E-state index contributed by atoms with van der Waals surface area (Å²) in [6.45, 7) is 5.05. The lowest BCUT2D eigenvalue weighted by molar-refractivity contribution is 0.414. The molecule has 0 aliphatic rings. The SMILES string of the molecule is CCCNC(C)c1nnc(N(C)c2cccc(OC)c2)o1. The monoisotopic (exact) mass is 290 g/mol. The van der Waals surface area contributed by atoms with Gasteiger partial charge in [0, 0.05) is 18.8 Å². The summed E-state index contributed by atoms with van der Waals surface area (Å²) in [5.74, 6) is 1.38. The molecule has 21 heavy (non-hydrogen) atoms. The molecule has 1 N–H and O–H groups in total. The largest absolute Gasteiger partial charge is 0.497 e. The van der Waals surface area contributed by atoms with Crippen LogP contribution < -0.4 is 15.0 Å². The van der Waals surface area contributed by atoms with Gasteiger partial charge in [-0.2, -0.15) is 0 Å². The first-order valence-corrected chi connectivity index (χ1v) is 7.10. The maximum Gasteiger partial charge on any atom is 0.322 e. The minimum Gasteiger partial charge on any atom is -0.497 e. The molecule has 1 aromatic heterocycles. The topological polar surface area (TPSA) is 63.4 Å². The molecule has 114 valence electrons. The first-order chi connectivity index (χ1) is 10.2. The van der Waals surface area contributed by atoms with Crippen LogP contribution in [-0.2, 0) is 0 Å². The van der Waals surface area contributed by atoms with Crippen LogP contribution in [0.1, 0.15) is 32.2 Å². The van der Waals surface area contributed by atoms with Gasteiger partial charge in [0.25, 0.3) is 0 Å². The van der Waals surface area contributed by atoms with Gasteiger partial charge in [-0.3, -0.25) is 4.90 Å². The first-order valence-electron chi connectivity index (χ1n) is 7.10. The third kappa shape index (κ3) is 3.72. The van der Waals surface area contributed by atoms with Crippen LogP contribution in [0.5, 0.6) is 5.75 Å². The molecule has 0 bridgehead atoms. The van der Waals surface area contributed by atoms with E-state index in [2.05, 4.69) is 22.4 Å². The van der Waals surface area contributed by atoms with Crippen molar-refractivity contribution in [3.8, 4) is 5.75 Å². The zero-order valence-corrected chi connectivity index (χ0v) is 13.0. The van der Waals surface area contributed by atoms with Crippen LogP contribution in [0.25, 0.3) is 0 Å². The van der Waals surface area contributed by atoms with E-state index in [9.17, 15) is 0 Å². The Morgan fingerprint density at radius 1 is 1.38 bits per heavy atom. The molecule has 0 aliphatic carbocycles. The standard InChI is InChI=1S/C15H22N4O2/c1-5-9-16-11(2)14-17-18-15(21-14)19(3)12-7-6-8-13(10-12)20-4/h6-8,10-11,16H,5,9H2,1-4H3. The van der Waals surface area contributed by atoms with E-state index in [1.54, 1.807) is 7.11 Å². The Morgan fingerprint density at radius 2 is 2.19 bits per heavy atom. The molecule has 6 heteroatoms. The van der Waals surface area contributed by atoms with E-state index < -0.39 is 0 Å². The summed E-state index contributed by atoms with van der Waals surface area (Å²) in [6.07, 6.45) is 1.06. The highest BCUT2D eigenvalue weighted by Crippen LogP contribution is 2.26. The molecule has 1 aromatic carbocycles. The van der Waals surface area contributed by atoms with Gasteiger partial charge in [-0.25, -0.2) is 0 Å². The lowest BCUT2D eigenvalue weighted by Gasteiger charge is -2.15. The summed E-state index contributed by atoms with van der Waals surface area (Å²) in [4.78, 5) is 1.84. The molecule has 1 unspecified atom stereocenters. The van der Waals surface area contributed by atoms with Gasteiger partial charge in [-0.1, -0.05) is 18.1 Å². The second-order valence-electron chi connectivity index (χ2n) is 4.86. The predicted octanol–water partition coefficient (Wildman–Crippen LogP) is 2.91. The zero-order chi connectivity index (χ0) is 15.2.